The van der Waals surface area contributed by atoms with Crippen LogP contribution in [0.3, 0.4) is 0 Å². The van der Waals surface area contributed by atoms with Gasteiger partial charge in [-0.05, 0) is 43.7 Å². The first-order valence-corrected chi connectivity index (χ1v) is 7.52. The Morgan fingerprint density at radius 1 is 0.938 bits per heavy atom. The fourth-order valence-electron chi connectivity index (χ4n) is 3.42. The molecular formula is C15H31N. The van der Waals surface area contributed by atoms with Crippen molar-refractivity contribution in [1.29, 1.82) is 0 Å². The average molecular weight is 225 g/mol. The van der Waals surface area contributed by atoms with Crippen molar-refractivity contribution in [3.8, 4) is 0 Å². The Labute approximate surface area is 102 Å². The molecular weight excluding hydrogens is 194 g/mol. The van der Waals surface area contributed by atoms with Crippen molar-refractivity contribution < 1.29 is 0 Å². The Balaban J connectivity index is 2.39. The van der Waals surface area contributed by atoms with E-state index in [9.17, 15) is 0 Å². The second kappa shape index (κ2) is 8.11. The number of nitrogens with one attached hydrogen (secondary N) is 1. The van der Waals surface area contributed by atoms with Gasteiger partial charge in [0.25, 0.3) is 0 Å². The number of hydrogen-bond acceptors (Lipinski definition) is 1. The molecule has 1 aliphatic carbocycles. The first-order valence-electron chi connectivity index (χ1n) is 7.52. The van der Waals surface area contributed by atoms with E-state index >= 15 is 0 Å². The summed E-state index contributed by atoms with van der Waals surface area (Å²) in [6.45, 7) is 9.29. The fourth-order valence-corrected chi connectivity index (χ4v) is 3.42. The van der Waals surface area contributed by atoms with E-state index in [1.165, 1.54) is 51.5 Å². The lowest BCUT2D eigenvalue weighted by Gasteiger charge is -2.36. The van der Waals surface area contributed by atoms with Crippen LogP contribution in [0, 0.1) is 17.8 Å². The first kappa shape index (κ1) is 14.0. The molecule has 0 aromatic heterocycles. The molecule has 1 fully saturated rings. The zero-order valence-corrected chi connectivity index (χ0v) is 11.6. The van der Waals surface area contributed by atoms with Gasteiger partial charge >= 0.3 is 0 Å². The largest absolute Gasteiger partial charge is 0.317 e. The predicted octanol–water partition coefficient (Wildman–Crippen LogP) is 4.23. The molecule has 96 valence electrons. The summed E-state index contributed by atoms with van der Waals surface area (Å²) in [6, 6.07) is 0. The van der Waals surface area contributed by atoms with Gasteiger partial charge in [-0.15, -0.1) is 0 Å². The molecule has 3 atom stereocenters. The molecule has 1 saturated carbocycles. The van der Waals surface area contributed by atoms with E-state index in [4.69, 9.17) is 0 Å². The van der Waals surface area contributed by atoms with E-state index in [0.29, 0.717) is 0 Å². The molecule has 1 heteroatoms. The lowest BCUT2D eigenvalue weighted by molar-refractivity contribution is 0.159. The van der Waals surface area contributed by atoms with Crippen LogP contribution < -0.4 is 5.32 Å². The van der Waals surface area contributed by atoms with Crippen molar-refractivity contribution in [1.82, 2.24) is 5.32 Å². The third kappa shape index (κ3) is 4.45. The van der Waals surface area contributed by atoms with E-state index in [1.807, 2.05) is 0 Å². The van der Waals surface area contributed by atoms with Crippen molar-refractivity contribution in [2.24, 2.45) is 17.8 Å². The Kier molecular flexibility index (Phi) is 7.11. The molecule has 1 nitrogen and oxygen atoms in total. The maximum Gasteiger partial charge on any atom is -0.00180 e. The fraction of sp³-hybridized carbons (Fsp3) is 1.00. The van der Waals surface area contributed by atoms with E-state index in [1.54, 1.807) is 0 Å². The third-order valence-electron chi connectivity index (χ3n) is 4.26. The van der Waals surface area contributed by atoms with Crippen molar-refractivity contribution in [3.05, 3.63) is 0 Å². The number of hydrogen-bond donors (Lipinski definition) is 1. The van der Waals surface area contributed by atoms with E-state index in [0.717, 1.165) is 24.3 Å². The summed E-state index contributed by atoms with van der Waals surface area (Å²) in [5, 5.41) is 3.55. The molecule has 16 heavy (non-hydrogen) atoms. The second-order valence-electron chi connectivity index (χ2n) is 5.58. The van der Waals surface area contributed by atoms with E-state index < -0.39 is 0 Å². The van der Waals surface area contributed by atoms with Crippen LogP contribution in [0.5, 0.6) is 0 Å². The van der Waals surface area contributed by atoms with Crippen LogP contribution in [0.15, 0.2) is 0 Å². The second-order valence-corrected chi connectivity index (χ2v) is 5.58. The monoisotopic (exact) mass is 225 g/mol. The van der Waals surface area contributed by atoms with Gasteiger partial charge in [-0.3, -0.25) is 0 Å². The van der Waals surface area contributed by atoms with Gasteiger partial charge in [0.05, 0.1) is 0 Å². The SMILES string of the molecule is CCCC1CCC(CNCC)C(CCC)C1. The van der Waals surface area contributed by atoms with Gasteiger partial charge in [-0.1, -0.05) is 52.9 Å². The van der Waals surface area contributed by atoms with Gasteiger partial charge in [-0.2, -0.15) is 0 Å². The zero-order chi connectivity index (χ0) is 11.8. The average Bonchev–Trinajstić information content (AvgIpc) is 2.29. The summed E-state index contributed by atoms with van der Waals surface area (Å²) >= 11 is 0. The van der Waals surface area contributed by atoms with Crippen molar-refractivity contribution >= 4 is 0 Å². The van der Waals surface area contributed by atoms with Gasteiger partial charge in [0.1, 0.15) is 0 Å². The highest BCUT2D eigenvalue weighted by Crippen LogP contribution is 2.38. The van der Waals surface area contributed by atoms with Crippen LogP contribution in [0.4, 0.5) is 0 Å². The molecule has 0 aromatic rings. The minimum absolute atomic E-state index is 0.966. The minimum atomic E-state index is 0.966. The smallest absolute Gasteiger partial charge is 0.00180 e. The molecule has 0 bridgehead atoms. The summed E-state index contributed by atoms with van der Waals surface area (Å²) in [7, 11) is 0. The zero-order valence-electron chi connectivity index (χ0n) is 11.6. The van der Waals surface area contributed by atoms with Gasteiger partial charge in [0, 0.05) is 0 Å². The summed E-state index contributed by atoms with van der Waals surface area (Å²) in [6.07, 6.45) is 10.1. The van der Waals surface area contributed by atoms with Crippen LogP contribution in [0.25, 0.3) is 0 Å². The van der Waals surface area contributed by atoms with Gasteiger partial charge in [0.15, 0.2) is 0 Å². The quantitative estimate of drug-likeness (QED) is 0.684. The topological polar surface area (TPSA) is 12.0 Å². The highest BCUT2D eigenvalue weighted by atomic mass is 14.8. The third-order valence-corrected chi connectivity index (χ3v) is 4.26. The molecule has 0 aromatic carbocycles. The van der Waals surface area contributed by atoms with Crippen molar-refractivity contribution in [3.63, 3.8) is 0 Å². The molecule has 0 saturated heterocycles. The van der Waals surface area contributed by atoms with E-state index in [-0.39, 0.29) is 0 Å². The van der Waals surface area contributed by atoms with Crippen LogP contribution >= 0.6 is 0 Å². The highest BCUT2D eigenvalue weighted by molar-refractivity contribution is 4.81. The molecule has 0 radical (unpaired) electrons. The molecule has 1 N–H and O–H groups in total. The van der Waals surface area contributed by atoms with Crippen molar-refractivity contribution in [2.45, 2.75) is 65.7 Å². The van der Waals surface area contributed by atoms with Crippen LogP contribution in [0.2, 0.25) is 0 Å². The maximum absolute atomic E-state index is 3.55. The summed E-state index contributed by atoms with van der Waals surface area (Å²) < 4.78 is 0. The lowest BCUT2D eigenvalue weighted by atomic mass is 9.71. The Morgan fingerprint density at radius 3 is 2.31 bits per heavy atom. The Bertz CT molecular complexity index is 167. The maximum atomic E-state index is 3.55. The summed E-state index contributed by atoms with van der Waals surface area (Å²) in [5.74, 6) is 3.02. The standard InChI is InChI=1S/C15H31N/c1-4-7-13-9-10-15(12-16-6-3)14(11-13)8-5-2/h13-16H,4-12H2,1-3H3. The molecule has 3 unspecified atom stereocenters. The van der Waals surface area contributed by atoms with Gasteiger partial charge < -0.3 is 5.32 Å². The van der Waals surface area contributed by atoms with E-state index in [2.05, 4.69) is 26.1 Å². The molecule has 1 rings (SSSR count). The molecule has 0 heterocycles. The van der Waals surface area contributed by atoms with Gasteiger partial charge in [-0.25, -0.2) is 0 Å². The first-order chi connectivity index (χ1) is 7.81. The Hall–Kier alpha value is -0.0400. The highest BCUT2D eigenvalue weighted by Gasteiger charge is 2.28. The lowest BCUT2D eigenvalue weighted by Crippen LogP contribution is -2.33. The molecule has 0 amide bonds. The summed E-state index contributed by atoms with van der Waals surface area (Å²) in [4.78, 5) is 0. The normalized spacial score (nSPS) is 30.6. The predicted molar refractivity (Wildman–Crippen MR) is 72.7 cm³/mol. The molecule has 0 spiro atoms. The number of rotatable bonds is 7. The van der Waals surface area contributed by atoms with Gasteiger partial charge in [0.2, 0.25) is 0 Å². The summed E-state index contributed by atoms with van der Waals surface area (Å²) in [5.41, 5.74) is 0. The molecule has 0 aliphatic heterocycles. The minimum Gasteiger partial charge on any atom is -0.317 e. The Morgan fingerprint density at radius 2 is 1.69 bits per heavy atom. The van der Waals surface area contributed by atoms with Crippen LogP contribution in [-0.2, 0) is 0 Å². The van der Waals surface area contributed by atoms with Crippen molar-refractivity contribution in [2.75, 3.05) is 13.1 Å². The van der Waals surface area contributed by atoms with Crippen LogP contribution in [0.1, 0.15) is 65.7 Å². The van der Waals surface area contributed by atoms with Crippen LogP contribution in [-0.4, -0.2) is 13.1 Å². The molecule has 1 aliphatic rings.